The second-order valence-electron chi connectivity index (χ2n) is 3.06. The molecule has 0 aromatic heterocycles. The first-order valence-corrected chi connectivity index (χ1v) is 5.46. The summed E-state index contributed by atoms with van der Waals surface area (Å²) in [6.45, 7) is 1.98. The molecule has 86 valence electrons. The molecule has 0 fully saturated rings. The predicted molar refractivity (Wildman–Crippen MR) is 59.8 cm³/mol. The standard InChI is InChI=1S/C11H10BrFO3/c1-2-16-11(15)5-7-4-10(13)8(6-14)3-9(7)12/h3-4,6H,2,5H2,1H3. The van der Waals surface area contributed by atoms with Crippen molar-refractivity contribution in [1.29, 1.82) is 0 Å². The van der Waals surface area contributed by atoms with Crippen LogP contribution in [0.3, 0.4) is 0 Å². The number of benzene rings is 1. The van der Waals surface area contributed by atoms with Crippen molar-refractivity contribution in [2.75, 3.05) is 6.61 Å². The summed E-state index contributed by atoms with van der Waals surface area (Å²) in [5, 5.41) is 0. The van der Waals surface area contributed by atoms with Crippen LogP contribution in [0.4, 0.5) is 4.39 Å². The number of hydrogen-bond donors (Lipinski definition) is 0. The fourth-order valence-electron chi connectivity index (χ4n) is 1.20. The van der Waals surface area contributed by atoms with Crippen LogP contribution >= 0.6 is 15.9 Å². The lowest BCUT2D eigenvalue weighted by molar-refractivity contribution is -0.142. The van der Waals surface area contributed by atoms with E-state index < -0.39 is 11.8 Å². The highest BCUT2D eigenvalue weighted by Crippen LogP contribution is 2.21. The van der Waals surface area contributed by atoms with Crippen LogP contribution in [0.2, 0.25) is 0 Å². The van der Waals surface area contributed by atoms with E-state index in [0.29, 0.717) is 16.3 Å². The lowest BCUT2D eigenvalue weighted by Gasteiger charge is -2.06. The summed E-state index contributed by atoms with van der Waals surface area (Å²) in [7, 11) is 0. The molecule has 1 rings (SSSR count). The molecule has 0 bridgehead atoms. The van der Waals surface area contributed by atoms with Crippen molar-refractivity contribution in [1.82, 2.24) is 0 Å². The third-order valence-corrected chi connectivity index (χ3v) is 2.67. The zero-order valence-corrected chi connectivity index (χ0v) is 10.2. The molecular weight excluding hydrogens is 279 g/mol. The average Bonchev–Trinajstić information content (AvgIpc) is 2.23. The molecule has 0 atom stereocenters. The van der Waals surface area contributed by atoms with Gasteiger partial charge >= 0.3 is 5.97 Å². The lowest BCUT2D eigenvalue weighted by atomic mass is 10.1. The number of esters is 1. The van der Waals surface area contributed by atoms with Gasteiger partial charge in [-0.25, -0.2) is 4.39 Å². The van der Waals surface area contributed by atoms with Crippen LogP contribution in [-0.4, -0.2) is 18.9 Å². The van der Waals surface area contributed by atoms with Gasteiger partial charge in [-0.15, -0.1) is 0 Å². The molecule has 1 aromatic carbocycles. The normalized spacial score (nSPS) is 9.94. The number of hydrogen-bond acceptors (Lipinski definition) is 3. The Kier molecular flexibility index (Phi) is 4.61. The molecule has 0 unspecified atom stereocenters. The van der Waals surface area contributed by atoms with Gasteiger partial charge in [0.15, 0.2) is 6.29 Å². The van der Waals surface area contributed by atoms with Gasteiger partial charge in [0, 0.05) is 4.47 Å². The molecule has 5 heteroatoms. The Balaban J connectivity index is 2.93. The van der Waals surface area contributed by atoms with E-state index in [1.807, 2.05) is 0 Å². The molecular formula is C11H10BrFO3. The maximum absolute atomic E-state index is 13.3. The molecule has 0 amide bonds. The lowest BCUT2D eigenvalue weighted by Crippen LogP contribution is -2.08. The summed E-state index contributed by atoms with van der Waals surface area (Å²) in [6, 6.07) is 2.50. The number of aldehydes is 1. The van der Waals surface area contributed by atoms with Crippen molar-refractivity contribution in [3.8, 4) is 0 Å². The van der Waals surface area contributed by atoms with E-state index in [1.165, 1.54) is 6.07 Å². The maximum Gasteiger partial charge on any atom is 0.310 e. The van der Waals surface area contributed by atoms with Crippen LogP contribution in [0.5, 0.6) is 0 Å². The van der Waals surface area contributed by atoms with Crippen molar-refractivity contribution in [2.24, 2.45) is 0 Å². The Labute approximate surface area is 101 Å². The van der Waals surface area contributed by atoms with Crippen LogP contribution in [0.1, 0.15) is 22.8 Å². The Hall–Kier alpha value is -1.23. The quantitative estimate of drug-likeness (QED) is 0.632. The molecule has 0 aliphatic rings. The molecule has 16 heavy (non-hydrogen) atoms. The minimum Gasteiger partial charge on any atom is -0.466 e. The fourth-order valence-corrected chi connectivity index (χ4v) is 1.70. The SMILES string of the molecule is CCOC(=O)Cc1cc(F)c(C=O)cc1Br. The Morgan fingerprint density at radius 3 is 2.81 bits per heavy atom. The molecule has 0 radical (unpaired) electrons. The minimum atomic E-state index is -0.641. The number of rotatable bonds is 4. The number of carbonyl (C=O) groups excluding carboxylic acids is 2. The highest BCUT2D eigenvalue weighted by molar-refractivity contribution is 9.10. The molecule has 0 saturated carbocycles. The molecule has 3 nitrogen and oxygen atoms in total. The highest BCUT2D eigenvalue weighted by atomic mass is 79.9. The van der Waals surface area contributed by atoms with Gasteiger partial charge in [-0.05, 0) is 24.6 Å². The number of ether oxygens (including phenoxy) is 1. The second-order valence-corrected chi connectivity index (χ2v) is 3.92. The summed E-state index contributed by atoms with van der Waals surface area (Å²) in [6.07, 6.45) is 0.402. The van der Waals surface area contributed by atoms with E-state index in [2.05, 4.69) is 15.9 Å². The van der Waals surface area contributed by atoms with Crippen LogP contribution in [0, 0.1) is 5.82 Å². The summed E-state index contributed by atoms with van der Waals surface area (Å²) in [5.74, 6) is -1.07. The molecule has 0 heterocycles. The first kappa shape index (κ1) is 12.8. The second kappa shape index (κ2) is 5.75. The van der Waals surface area contributed by atoms with Gasteiger partial charge in [-0.3, -0.25) is 9.59 Å². The molecule has 0 spiro atoms. The van der Waals surface area contributed by atoms with Crippen LogP contribution < -0.4 is 0 Å². The van der Waals surface area contributed by atoms with Crippen LogP contribution in [0.25, 0.3) is 0 Å². The highest BCUT2D eigenvalue weighted by Gasteiger charge is 2.11. The van der Waals surface area contributed by atoms with Gasteiger partial charge in [0.1, 0.15) is 5.82 Å². The average molecular weight is 289 g/mol. The zero-order chi connectivity index (χ0) is 12.1. The minimum absolute atomic E-state index is 0.0233. The van der Waals surface area contributed by atoms with Gasteiger partial charge in [0.2, 0.25) is 0 Å². The Bertz CT molecular complexity index is 418. The Morgan fingerprint density at radius 2 is 2.25 bits per heavy atom. The van der Waals surface area contributed by atoms with E-state index in [4.69, 9.17) is 4.74 Å². The zero-order valence-electron chi connectivity index (χ0n) is 8.63. The topological polar surface area (TPSA) is 43.4 Å². The largest absolute Gasteiger partial charge is 0.466 e. The van der Waals surface area contributed by atoms with E-state index in [1.54, 1.807) is 6.92 Å². The number of carbonyl (C=O) groups is 2. The monoisotopic (exact) mass is 288 g/mol. The van der Waals surface area contributed by atoms with Crippen LogP contribution in [0.15, 0.2) is 16.6 Å². The van der Waals surface area contributed by atoms with Gasteiger partial charge < -0.3 is 4.74 Å². The van der Waals surface area contributed by atoms with E-state index in [0.717, 1.165) is 6.07 Å². The summed E-state index contributed by atoms with van der Waals surface area (Å²) >= 11 is 3.17. The molecule has 1 aromatic rings. The van der Waals surface area contributed by atoms with E-state index in [9.17, 15) is 14.0 Å². The molecule has 0 aliphatic carbocycles. The first-order valence-electron chi connectivity index (χ1n) is 4.67. The molecule has 0 N–H and O–H groups in total. The van der Waals surface area contributed by atoms with Crippen molar-refractivity contribution < 1.29 is 18.7 Å². The fraction of sp³-hybridized carbons (Fsp3) is 0.273. The van der Waals surface area contributed by atoms with Crippen molar-refractivity contribution in [3.63, 3.8) is 0 Å². The smallest absolute Gasteiger partial charge is 0.310 e. The maximum atomic E-state index is 13.3. The van der Waals surface area contributed by atoms with Crippen molar-refractivity contribution >= 4 is 28.2 Å². The first-order chi connectivity index (χ1) is 7.58. The third-order valence-electron chi connectivity index (χ3n) is 1.93. The van der Waals surface area contributed by atoms with Gasteiger partial charge in [0.25, 0.3) is 0 Å². The molecule has 0 saturated heterocycles. The van der Waals surface area contributed by atoms with Gasteiger partial charge in [-0.1, -0.05) is 15.9 Å². The van der Waals surface area contributed by atoms with E-state index in [-0.39, 0.29) is 18.6 Å². The van der Waals surface area contributed by atoms with Crippen molar-refractivity contribution in [3.05, 3.63) is 33.5 Å². The van der Waals surface area contributed by atoms with Crippen molar-refractivity contribution in [2.45, 2.75) is 13.3 Å². The Morgan fingerprint density at radius 1 is 1.56 bits per heavy atom. The summed E-state index contributed by atoms with van der Waals surface area (Å²) in [4.78, 5) is 21.7. The number of halogens is 2. The summed E-state index contributed by atoms with van der Waals surface area (Å²) < 4.78 is 18.5. The van der Waals surface area contributed by atoms with Gasteiger partial charge in [-0.2, -0.15) is 0 Å². The van der Waals surface area contributed by atoms with Gasteiger partial charge in [0.05, 0.1) is 18.6 Å². The predicted octanol–water partition coefficient (Wildman–Crippen LogP) is 2.51. The summed E-state index contributed by atoms with van der Waals surface area (Å²) in [5.41, 5.74) is 0.418. The third kappa shape index (κ3) is 3.13. The van der Waals surface area contributed by atoms with Crippen LogP contribution in [-0.2, 0) is 16.0 Å². The molecule has 0 aliphatic heterocycles. The van der Waals surface area contributed by atoms with E-state index >= 15 is 0 Å².